The van der Waals surface area contributed by atoms with E-state index < -0.39 is 0 Å². The number of nitrogens with one attached hydrogen (secondary N) is 1. The molecule has 2 nitrogen and oxygen atoms in total. The lowest BCUT2D eigenvalue weighted by molar-refractivity contribution is 0.860. The highest BCUT2D eigenvalue weighted by atomic mass is 15.0. The molecule has 0 aliphatic heterocycles. The number of rotatable bonds is 6. The number of hydrogen-bond acceptors (Lipinski definition) is 1. The zero-order chi connectivity index (χ0) is 21.3. The number of hydrogen-bond donors (Lipinski definition) is 1. The van der Waals surface area contributed by atoms with Crippen LogP contribution in [-0.4, -0.2) is 4.57 Å². The van der Waals surface area contributed by atoms with E-state index in [0.717, 1.165) is 57.6 Å². The van der Waals surface area contributed by atoms with Crippen LogP contribution in [0.2, 0.25) is 0 Å². The molecule has 0 amide bonds. The van der Waals surface area contributed by atoms with Gasteiger partial charge in [0.1, 0.15) is 0 Å². The van der Waals surface area contributed by atoms with Gasteiger partial charge < -0.3 is 9.88 Å². The van der Waals surface area contributed by atoms with Crippen LogP contribution in [0.5, 0.6) is 0 Å². The van der Waals surface area contributed by atoms with E-state index in [0.29, 0.717) is 0 Å². The number of allylic oxidation sites excluding steroid dienone is 4. The van der Waals surface area contributed by atoms with Crippen LogP contribution >= 0.6 is 0 Å². The standard InChI is InChI=1S/C28H28N2/c1-6-29-20(3)26-18-28-22(5)30(21(4)27(28)16-19(26)2)25-14-12-24(13-15-25)17-23-10-8-7-9-11-23/h6-12,14,16,18,29H,1,3-5,13,15,17H2,2H3. The van der Waals surface area contributed by atoms with Crippen molar-refractivity contribution in [2.45, 2.75) is 26.2 Å². The van der Waals surface area contributed by atoms with E-state index in [1.165, 1.54) is 16.8 Å². The first-order valence-corrected chi connectivity index (χ1v) is 10.3. The van der Waals surface area contributed by atoms with Gasteiger partial charge in [-0.1, -0.05) is 68.3 Å². The molecular formula is C28H28N2. The fourth-order valence-corrected chi connectivity index (χ4v) is 4.32. The minimum atomic E-state index is 0.840. The molecule has 3 aromatic rings. The topological polar surface area (TPSA) is 17.0 Å². The molecule has 1 aliphatic rings. The van der Waals surface area contributed by atoms with Crippen molar-refractivity contribution in [1.82, 2.24) is 9.88 Å². The number of aromatic nitrogens is 1. The largest absolute Gasteiger partial charge is 0.362 e. The predicted octanol–water partition coefficient (Wildman–Crippen LogP) is 5.28. The smallest absolute Gasteiger partial charge is 0.0466 e. The normalized spacial score (nSPS) is 13.6. The summed E-state index contributed by atoms with van der Waals surface area (Å²) in [7, 11) is 0. The van der Waals surface area contributed by atoms with Gasteiger partial charge in [0.25, 0.3) is 0 Å². The molecule has 0 fully saturated rings. The highest BCUT2D eigenvalue weighted by Crippen LogP contribution is 2.25. The summed E-state index contributed by atoms with van der Waals surface area (Å²) < 4.78 is 2.22. The fourth-order valence-electron chi connectivity index (χ4n) is 4.32. The SMILES string of the molecule is C=CNC(=C)c1cc2c(=C)n(C3=CC=C(Cc4ccccc4)CC3)c(=C)c2cc1C. The molecule has 2 aromatic carbocycles. The highest BCUT2D eigenvalue weighted by Gasteiger charge is 2.14. The van der Waals surface area contributed by atoms with Crippen LogP contribution in [0.25, 0.3) is 35.3 Å². The van der Waals surface area contributed by atoms with Crippen LogP contribution < -0.4 is 16.0 Å². The minimum Gasteiger partial charge on any atom is -0.362 e. The van der Waals surface area contributed by atoms with Crippen molar-refractivity contribution in [3.05, 3.63) is 107 Å². The van der Waals surface area contributed by atoms with Gasteiger partial charge in [0.15, 0.2) is 0 Å². The van der Waals surface area contributed by atoms with Crippen molar-refractivity contribution in [3.63, 3.8) is 0 Å². The van der Waals surface area contributed by atoms with Gasteiger partial charge in [-0.15, -0.1) is 0 Å². The Morgan fingerprint density at radius 3 is 2.37 bits per heavy atom. The van der Waals surface area contributed by atoms with Crippen molar-refractivity contribution in [3.8, 4) is 0 Å². The molecule has 1 N–H and O–H groups in total. The Morgan fingerprint density at radius 1 is 1.03 bits per heavy atom. The summed E-state index contributed by atoms with van der Waals surface area (Å²) in [5.74, 6) is 0. The third-order valence-corrected chi connectivity index (χ3v) is 5.90. The Balaban J connectivity index is 1.73. The Labute approximate surface area is 178 Å². The van der Waals surface area contributed by atoms with Crippen LogP contribution in [0.4, 0.5) is 0 Å². The molecule has 0 spiro atoms. The summed E-state index contributed by atoms with van der Waals surface area (Å²) in [4.78, 5) is 0. The summed E-state index contributed by atoms with van der Waals surface area (Å²) in [5.41, 5.74) is 7.15. The van der Waals surface area contributed by atoms with Crippen molar-refractivity contribution in [1.29, 1.82) is 0 Å². The molecule has 0 radical (unpaired) electrons. The Morgan fingerprint density at radius 2 is 1.73 bits per heavy atom. The van der Waals surface area contributed by atoms with E-state index in [1.54, 1.807) is 6.20 Å². The van der Waals surface area contributed by atoms with E-state index in [-0.39, 0.29) is 0 Å². The Hall–Kier alpha value is -3.52. The minimum absolute atomic E-state index is 0.840. The lowest BCUT2D eigenvalue weighted by atomic mass is 9.96. The van der Waals surface area contributed by atoms with Crippen LogP contribution in [0, 0.1) is 6.92 Å². The average Bonchev–Trinajstić information content (AvgIpc) is 2.98. The summed E-state index contributed by atoms with van der Waals surface area (Å²) in [6.45, 7) is 18.8. The predicted molar refractivity (Wildman–Crippen MR) is 131 cm³/mol. The summed E-state index contributed by atoms with van der Waals surface area (Å²) >= 11 is 0. The molecule has 1 heterocycles. The molecule has 1 aliphatic carbocycles. The zero-order valence-corrected chi connectivity index (χ0v) is 17.7. The molecule has 4 rings (SSSR count). The number of fused-ring (bicyclic) bond motifs is 1. The highest BCUT2D eigenvalue weighted by molar-refractivity contribution is 5.89. The molecule has 0 bridgehead atoms. The second-order valence-corrected chi connectivity index (χ2v) is 7.91. The molecule has 2 heteroatoms. The van der Waals surface area contributed by atoms with Crippen LogP contribution in [0.1, 0.15) is 29.5 Å². The Kier molecular flexibility index (Phi) is 5.33. The lowest BCUT2D eigenvalue weighted by Crippen LogP contribution is -2.25. The number of nitrogens with zero attached hydrogens (tertiary/aromatic N) is 1. The third-order valence-electron chi connectivity index (χ3n) is 5.90. The van der Waals surface area contributed by atoms with Gasteiger partial charge in [-0.3, -0.25) is 0 Å². The molecule has 150 valence electrons. The van der Waals surface area contributed by atoms with Gasteiger partial charge >= 0.3 is 0 Å². The monoisotopic (exact) mass is 392 g/mol. The summed E-state index contributed by atoms with van der Waals surface area (Å²) in [6.07, 6.45) is 9.20. The second kappa shape index (κ2) is 8.08. The molecule has 0 saturated heterocycles. The quantitative estimate of drug-likeness (QED) is 0.604. The van der Waals surface area contributed by atoms with Gasteiger partial charge in [-0.2, -0.15) is 0 Å². The maximum atomic E-state index is 4.40. The van der Waals surface area contributed by atoms with E-state index >= 15 is 0 Å². The maximum Gasteiger partial charge on any atom is 0.0466 e. The Bertz CT molecular complexity index is 1300. The summed E-state index contributed by atoms with van der Waals surface area (Å²) in [6, 6.07) is 15.0. The van der Waals surface area contributed by atoms with Gasteiger partial charge in [0, 0.05) is 38.4 Å². The van der Waals surface area contributed by atoms with Crippen molar-refractivity contribution in [2.75, 3.05) is 0 Å². The lowest BCUT2D eigenvalue weighted by Gasteiger charge is -2.16. The van der Waals surface area contributed by atoms with Crippen molar-refractivity contribution in [2.24, 2.45) is 0 Å². The third kappa shape index (κ3) is 3.57. The molecule has 0 unspecified atom stereocenters. The molecule has 0 saturated carbocycles. The second-order valence-electron chi connectivity index (χ2n) is 7.91. The molecular weight excluding hydrogens is 364 g/mol. The van der Waals surface area contributed by atoms with Crippen molar-refractivity contribution >= 4 is 35.3 Å². The first-order valence-electron chi connectivity index (χ1n) is 10.3. The van der Waals surface area contributed by atoms with E-state index in [9.17, 15) is 0 Å². The van der Waals surface area contributed by atoms with Gasteiger partial charge in [0.2, 0.25) is 0 Å². The average molecular weight is 393 g/mol. The number of benzene rings is 2. The molecule has 30 heavy (non-hydrogen) atoms. The van der Waals surface area contributed by atoms with E-state index in [4.69, 9.17) is 0 Å². The fraction of sp³-hybridized carbons (Fsp3) is 0.143. The van der Waals surface area contributed by atoms with Gasteiger partial charge in [-0.25, -0.2) is 0 Å². The first kappa shape index (κ1) is 19.8. The van der Waals surface area contributed by atoms with E-state index in [1.807, 2.05) is 0 Å². The van der Waals surface area contributed by atoms with Crippen LogP contribution in [0.15, 0.2) is 79.5 Å². The van der Waals surface area contributed by atoms with Gasteiger partial charge in [0.05, 0.1) is 0 Å². The van der Waals surface area contributed by atoms with E-state index in [2.05, 4.69) is 97.7 Å². The van der Waals surface area contributed by atoms with Gasteiger partial charge in [-0.05, 0) is 61.7 Å². The van der Waals surface area contributed by atoms with Crippen LogP contribution in [0.3, 0.4) is 0 Å². The first-order chi connectivity index (χ1) is 14.5. The van der Waals surface area contributed by atoms with Crippen LogP contribution in [-0.2, 0) is 6.42 Å². The molecule has 0 atom stereocenters. The summed E-state index contributed by atoms with van der Waals surface area (Å²) in [5, 5.41) is 7.35. The maximum absolute atomic E-state index is 4.40. The zero-order valence-electron chi connectivity index (χ0n) is 17.7. The van der Waals surface area contributed by atoms with Crippen molar-refractivity contribution < 1.29 is 0 Å². The molecule has 1 aromatic heterocycles. The number of aryl methyl sites for hydroxylation is 1.